The highest BCUT2D eigenvalue weighted by Gasteiger charge is 2.27. The van der Waals surface area contributed by atoms with E-state index in [2.05, 4.69) is 6.92 Å². The van der Waals surface area contributed by atoms with Gasteiger partial charge in [-0.3, -0.25) is 4.79 Å². The van der Waals surface area contributed by atoms with Gasteiger partial charge in [-0.1, -0.05) is 19.1 Å². The van der Waals surface area contributed by atoms with Gasteiger partial charge < -0.3 is 4.90 Å². The molecule has 0 saturated carbocycles. The van der Waals surface area contributed by atoms with Crippen LogP contribution in [-0.4, -0.2) is 28.8 Å². The number of piperidine rings is 1. The topological polar surface area (TPSA) is 20.3 Å². The predicted molar refractivity (Wildman–Crippen MR) is 53.3 cm³/mol. The zero-order valence-electron chi connectivity index (χ0n) is 7.67. The number of likely N-dealkylation sites (tertiary alicyclic amines) is 1. The maximum absolute atomic E-state index is 11.4. The largest absolute Gasteiger partial charge is 0.338 e. The van der Waals surface area contributed by atoms with E-state index in [1.165, 1.54) is 0 Å². The first-order valence-corrected chi connectivity index (χ1v) is 4.90. The molecule has 12 heavy (non-hydrogen) atoms. The van der Waals surface area contributed by atoms with Crippen LogP contribution in [0.5, 0.6) is 0 Å². The van der Waals surface area contributed by atoms with Crippen LogP contribution in [0.3, 0.4) is 0 Å². The number of nitrogens with zero attached hydrogens (tertiary/aromatic N) is 1. The number of amides is 1. The van der Waals surface area contributed by atoms with E-state index in [0.29, 0.717) is 18.9 Å². The van der Waals surface area contributed by atoms with Gasteiger partial charge in [0, 0.05) is 23.7 Å². The van der Waals surface area contributed by atoms with Gasteiger partial charge >= 0.3 is 0 Å². The zero-order chi connectivity index (χ0) is 9.14. The van der Waals surface area contributed by atoms with Crippen LogP contribution < -0.4 is 0 Å². The molecule has 2 nitrogen and oxygen atoms in total. The second-order valence-electron chi connectivity index (χ2n) is 3.18. The molecule has 0 radical (unpaired) electrons. The molecule has 0 aromatic carbocycles. The van der Waals surface area contributed by atoms with Gasteiger partial charge in [0.25, 0.3) is 0 Å². The van der Waals surface area contributed by atoms with Crippen molar-refractivity contribution in [3.05, 3.63) is 0 Å². The summed E-state index contributed by atoms with van der Waals surface area (Å²) >= 11 is 5.23. The first-order valence-electron chi connectivity index (χ1n) is 4.49. The highest BCUT2D eigenvalue weighted by molar-refractivity contribution is 7.80. The molecule has 0 N–H and O–H groups in total. The van der Waals surface area contributed by atoms with Crippen LogP contribution in [0, 0.1) is 5.92 Å². The van der Waals surface area contributed by atoms with Crippen LogP contribution in [0.1, 0.15) is 26.7 Å². The van der Waals surface area contributed by atoms with E-state index in [0.717, 1.165) is 17.8 Å². The molecule has 68 valence electrons. The van der Waals surface area contributed by atoms with Gasteiger partial charge in [0.1, 0.15) is 0 Å². The molecule has 0 spiro atoms. The molecule has 3 heteroatoms. The summed E-state index contributed by atoms with van der Waals surface area (Å²) < 4.78 is 0. The third-order valence-electron chi connectivity index (χ3n) is 2.45. The monoisotopic (exact) mass is 185 g/mol. The predicted octanol–water partition coefficient (Wildman–Crippen LogP) is 1.63. The standard InChI is InChI=1S/C9H15NOS/c1-3-7-5-9(11)10(4-2)6-8(7)12/h7H,3-6H2,1-2H3. The average Bonchev–Trinajstić information content (AvgIpc) is 2.08. The summed E-state index contributed by atoms with van der Waals surface area (Å²) in [6, 6.07) is 0. The number of hydrogen-bond acceptors (Lipinski definition) is 2. The summed E-state index contributed by atoms with van der Waals surface area (Å²) in [6.07, 6.45) is 1.63. The van der Waals surface area contributed by atoms with Crippen LogP contribution in [0.4, 0.5) is 0 Å². The molecule has 1 aliphatic heterocycles. The van der Waals surface area contributed by atoms with Crippen molar-refractivity contribution in [2.24, 2.45) is 5.92 Å². The quantitative estimate of drug-likeness (QED) is 0.609. The van der Waals surface area contributed by atoms with E-state index in [1.807, 2.05) is 11.8 Å². The lowest BCUT2D eigenvalue weighted by Crippen LogP contribution is -2.43. The summed E-state index contributed by atoms with van der Waals surface area (Å²) in [5.41, 5.74) is 0. The molecule has 0 aliphatic carbocycles. The molecule has 1 heterocycles. The van der Waals surface area contributed by atoms with E-state index in [4.69, 9.17) is 12.2 Å². The fraction of sp³-hybridized carbons (Fsp3) is 0.778. The second-order valence-corrected chi connectivity index (χ2v) is 3.71. The Hall–Kier alpha value is -0.440. The first-order chi connectivity index (χ1) is 5.69. The van der Waals surface area contributed by atoms with Gasteiger partial charge in [-0.2, -0.15) is 0 Å². The number of rotatable bonds is 2. The van der Waals surface area contributed by atoms with Crippen molar-refractivity contribution in [2.75, 3.05) is 13.1 Å². The van der Waals surface area contributed by atoms with E-state index in [1.54, 1.807) is 0 Å². The Morgan fingerprint density at radius 1 is 1.58 bits per heavy atom. The summed E-state index contributed by atoms with van der Waals surface area (Å²) in [7, 11) is 0. The molecule has 0 bridgehead atoms. The van der Waals surface area contributed by atoms with Crippen LogP contribution in [0.2, 0.25) is 0 Å². The smallest absolute Gasteiger partial charge is 0.223 e. The molecule has 1 unspecified atom stereocenters. The molecular weight excluding hydrogens is 170 g/mol. The van der Waals surface area contributed by atoms with Crippen molar-refractivity contribution in [2.45, 2.75) is 26.7 Å². The third-order valence-corrected chi connectivity index (χ3v) is 2.91. The first kappa shape index (κ1) is 9.65. The highest BCUT2D eigenvalue weighted by atomic mass is 32.1. The lowest BCUT2D eigenvalue weighted by molar-refractivity contribution is -0.131. The van der Waals surface area contributed by atoms with Gasteiger partial charge in [0.05, 0.1) is 6.54 Å². The minimum atomic E-state index is 0.262. The van der Waals surface area contributed by atoms with E-state index in [9.17, 15) is 4.79 Å². The maximum Gasteiger partial charge on any atom is 0.223 e. The SMILES string of the molecule is CCC1CC(=O)N(CC)CC1=S. The molecule has 1 fully saturated rings. The number of hydrogen-bond donors (Lipinski definition) is 0. The van der Waals surface area contributed by atoms with Crippen molar-refractivity contribution in [1.29, 1.82) is 0 Å². The van der Waals surface area contributed by atoms with Crippen molar-refractivity contribution in [1.82, 2.24) is 4.90 Å². The van der Waals surface area contributed by atoms with Crippen molar-refractivity contribution >= 4 is 23.0 Å². The fourth-order valence-electron chi connectivity index (χ4n) is 1.52. The summed E-state index contributed by atoms with van der Waals surface area (Å²) in [4.78, 5) is 14.3. The highest BCUT2D eigenvalue weighted by Crippen LogP contribution is 2.19. The summed E-state index contributed by atoms with van der Waals surface area (Å²) in [6.45, 7) is 5.57. The molecule has 0 aromatic heterocycles. The molecule has 1 amide bonds. The van der Waals surface area contributed by atoms with Gasteiger partial charge in [-0.25, -0.2) is 0 Å². The van der Waals surface area contributed by atoms with Gasteiger partial charge in [0.15, 0.2) is 0 Å². The minimum Gasteiger partial charge on any atom is -0.338 e. The number of carbonyl (C=O) groups excluding carboxylic acids is 1. The molecule has 1 rings (SSSR count). The Bertz CT molecular complexity index is 181. The van der Waals surface area contributed by atoms with Crippen molar-refractivity contribution < 1.29 is 4.79 Å². The lowest BCUT2D eigenvalue weighted by Gasteiger charge is -2.31. The normalized spacial score (nSPS) is 24.8. The summed E-state index contributed by atoms with van der Waals surface area (Å²) in [5.74, 6) is 0.619. The van der Waals surface area contributed by atoms with E-state index >= 15 is 0 Å². The Balaban J connectivity index is 2.61. The summed E-state index contributed by atoms with van der Waals surface area (Å²) in [5, 5.41) is 0. The maximum atomic E-state index is 11.4. The van der Waals surface area contributed by atoms with Crippen molar-refractivity contribution in [3.8, 4) is 0 Å². The van der Waals surface area contributed by atoms with Crippen molar-refractivity contribution in [3.63, 3.8) is 0 Å². The zero-order valence-corrected chi connectivity index (χ0v) is 8.49. The van der Waals surface area contributed by atoms with Crippen LogP contribution in [-0.2, 0) is 4.79 Å². The van der Waals surface area contributed by atoms with Gasteiger partial charge in [-0.05, 0) is 13.3 Å². The van der Waals surface area contributed by atoms with E-state index in [-0.39, 0.29) is 5.91 Å². The molecule has 0 aromatic rings. The van der Waals surface area contributed by atoms with Gasteiger partial charge in [-0.15, -0.1) is 0 Å². The third kappa shape index (κ3) is 1.83. The minimum absolute atomic E-state index is 0.262. The Labute approximate surface area is 78.9 Å². The van der Waals surface area contributed by atoms with Crippen LogP contribution in [0.25, 0.3) is 0 Å². The Morgan fingerprint density at radius 2 is 2.25 bits per heavy atom. The van der Waals surface area contributed by atoms with Crippen LogP contribution in [0.15, 0.2) is 0 Å². The second kappa shape index (κ2) is 3.99. The number of thiocarbonyl (C=S) groups is 1. The molecule has 1 atom stereocenters. The molecule has 1 aliphatic rings. The molecular formula is C9H15NOS. The molecule has 1 saturated heterocycles. The van der Waals surface area contributed by atoms with E-state index < -0.39 is 0 Å². The Morgan fingerprint density at radius 3 is 2.75 bits per heavy atom. The lowest BCUT2D eigenvalue weighted by atomic mass is 9.93. The number of carbonyl (C=O) groups is 1. The average molecular weight is 185 g/mol. The van der Waals surface area contributed by atoms with Gasteiger partial charge in [0.2, 0.25) is 5.91 Å². The Kier molecular flexibility index (Phi) is 3.20. The van der Waals surface area contributed by atoms with Crippen LogP contribution >= 0.6 is 12.2 Å². The fourth-order valence-corrected chi connectivity index (χ4v) is 1.93.